The second-order valence-electron chi connectivity index (χ2n) is 13.9. The molecular weight excluding hydrogens is 544 g/mol. The molecule has 1 heterocycles. The third-order valence-corrected chi connectivity index (χ3v) is 8.40. The van der Waals surface area contributed by atoms with Gasteiger partial charge in [-0.05, 0) is 92.7 Å². The summed E-state index contributed by atoms with van der Waals surface area (Å²) in [5.74, 6) is 0. The van der Waals surface area contributed by atoms with Crippen LogP contribution in [0.1, 0.15) is 52.7 Å². The van der Waals surface area contributed by atoms with Gasteiger partial charge in [-0.2, -0.15) is 0 Å². The molecule has 0 aliphatic heterocycles. The lowest BCUT2D eigenvalue weighted by atomic mass is 9.85. The summed E-state index contributed by atoms with van der Waals surface area (Å²) in [6, 6.07) is 49.9. The summed E-state index contributed by atoms with van der Waals surface area (Å²) >= 11 is 0. The van der Waals surface area contributed by atoms with Gasteiger partial charge in [0.1, 0.15) is 0 Å². The third kappa shape index (κ3) is 6.91. The number of benzene rings is 5. The van der Waals surface area contributed by atoms with E-state index in [0.717, 1.165) is 33.9 Å². The Morgan fingerprint density at radius 1 is 0.422 bits per heavy atom. The summed E-state index contributed by atoms with van der Waals surface area (Å²) in [4.78, 5) is 5.24. The van der Waals surface area contributed by atoms with E-state index in [1.165, 1.54) is 33.4 Å². The van der Waals surface area contributed by atoms with Gasteiger partial charge in [-0.25, -0.2) is 4.98 Å². The van der Waals surface area contributed by atoms with E-state index < -0.39 is 0 Å². The fourth-order valence-corrected chi connectivity index (χ4v) is 5.67. The van der Waals surface area contributed by atoms with Crippen molar-refractivity contribution in [3.63, 3.8) is 0 Å². The molecule has 0 atom stereocenters. The predicted octanol–water partition coefficient (Wildman–Crippen LogP) is 12.1. The first-order valence-corrected chi connectivity index (χ1v) is 15.8. The van der Waals surface area contributed by atoms with Crippen LogP contribution < -0.4 is 5.32 Å². The molecule has 2 nitrogen and oxygen atoms in total. The van der Waals surface area contributed by atoms with Crippen LogP contribution in [0.2, 0.25) is 0 Å². The molecule has 0 saturated carbocycles. The van der Waals surface area contributed by atoms with E-state index >= 15 is 0 Å². The summed E-state index contributed by atoms with van der Waals surface area (Å²) in [6.45, 7) is 13.5. The normalized spacial score (nSPS) is 11.8. The van der Waals surface area contributed by atoms with Gasteiger partial charge in [0.15, 0.2) is 0 Å². The number of para-hydroxylation sites is 2. The van der Waals surface area contributed by atoms with Crippen LogP contribution in [0.3, 0.4) is 0 Å². The number of nitrogens with one attached hydrogen (secondary N) is 1. The van der Waals surface area contributed by atoms with E-state index in [2.05, 4.69) is 168 Å². The quantitative estimate of drug-likeness (QED) is 0.210. The lowest BCUT2D eigenvalue weighted by Gasteiger charge is -2.20. The SMILES string of the molecule is CC(C)(C)c1ccc(-c2cc(-c3ccc(C(C)(C)C)cc3)cc(-c3cccc(-c4ccccc4Nc4ccccc4)n3)c2)cc1. The van der Waals surface area contributed by atoms with Crippen LogP contribution in [0.25, 0.3) is 44.8 Å². The molecule has 45 heavy (non-hydrogen) atoms. The number of hydrogen-bond acceptors (Lipinski definition) is 2. The van der Waals surface area contributed by atoms with Gasteiger partial charge >= 0.3 is 0 Å². The van der Waals surface area contributed by atoms with E-state index in [1.54, 1.807) is 0 Å². The Morgan fingerprint density at radius 2 is 0.911 bits per heavy atom. The minimum atomic E-state index is 0.107. The van der Waals surface area contributed by atoms with Crippen molar-refractivity contribution in [2.45, 2.75) is 52.4 Å². The molecule has 6 aromatic rings. The van der Waals surface area contributed by atoms with Crippen LogP contribution >= 0.6 is 0 Å². The smallest absolute Gasteiger partial charge is 0.0730 e. The maximum absolute atomic E-state index is 5.24. The van der Waals surface area contributed by atoms with Gasteiger partial charge < -0.3 is 5.32 Å². The number of anilines is 2. The van der Waals surface area contributed by atoms with Gasteiger partial charge in [0, 0.05) is 22.5 Å². The molecule has 0 aliphatic carbocycles. The number of hydrogen-bond donors (Lipinski definition) is 1. The molecule has 0 spiro atoms. The Bertz CT molecular complexity index is 1830. The van der Waals surface area contributed by atoms with Crippen molar-refractivity contribution in [3.05, 3.63) is 151 Å². The Balaban J connectivity index is 1.44. The summed E-state index contributed by atoms with van der Waals surface area (Å²) in [6.07, 6.45) is 0. The molecule has 6 rings (SSSR count). The Kier molecular flexibility index (Phi) is 8.16. The topological polar surface area (TPSA) is 24.9 Å². The fraction of sp³-hybridized carbons (Fsp3) is 0.186. The summed E-state index contributed by atoms with van der Waals surface area (Å²) in [5, 5.41) is 3.58. The van der Waals surface area contributed by atoms with E-state index in [-0.39, 0.29) is 10.8 Å². The standard InChI is InChI=1S/C43H42N2/c1-42(2,3)35-23-19-30(20-24-35)32-27-33(31-21-25-36(26-22-31)43(4,5)6)29-34(28-32)39-17-12-18-41(45-39)38-15-10-11-16-40(38)44-37-13-8-7-9-14-37/h7-29,44H,1-6H3. The molecule has 0 radical (unpaired) electrons. The van der Waals surface area contributed by atoms with Crippen LogP contribution in [0.4, 0.5) is 11.4 Å². The van der Waals surface area contributed by atoms with E-state index in [0.29, 0.717) is 0 Å². The highest BCUT2D eigenvalue weighted by Crippen LogP contribution is 2.36. The van der Waals surface area contributed by atoms with E-state index in [4.69, 9.17) is 4.98 Å². The number of aromatic nitrogens is 1. The van der Waals surface area contributed by atoms with Crippen molar-refractivity contribution < 1.29 is 0 Å². The summed E-state index contributed by atoms with van der Waals surface area (Å²) < 4.78 is 0. The number of pyridine rings is 1. The Hall–Kier alpha value is -4.95. The highest BCUT2D eigenvalue weighted by Gasteiger charge is 2.16. The molecule has 1 aromatic heterocycles. The first-order chi connectivity index (χ1) is 21.5. The summed E-state index contributed by atoms with van der Waals surface area (Å²) in [7, 11) is 0. The largest absolute Gasteiger partial charge is 0.355 e. The lowest BCUT2D eigenvalue weighted by molar-refractivity contribution is 0.590. The van der Waals surface area contributed by atoms with E-state index in [1.807, 2.05) is 18.2 Å². The minimum absolute atomic E-state index is 0.107. The maximum Gasteiger partial charge on any atom is 0.0730 e. The second kappa shape index (κ2) is 12.2. The van der Waals surface area contributed by atoms with Crippen molar-refractivity contribution in [2.24, 2.45) is 0 Å². The molecule has 0 saturated heterocycles. The van der Waals surface area contributed by atoms with Crippen LogP contribution in [0.15, 0.2) is 140 Å². The van der Waals surface area contributed by atoms with Gasteiger partial charge in [-0.15, -0.1) is 0 Å². The monoisotopic (exact) mass is 586 g/mol. The lowest BCUT2D eigenvalue weighted by Crippen LogP contribution is -2.10. The molecule has 2 heteroatoms. The van der Waals surface area contributed by atoms with Crippen LogP contribution in [-0.4, -0.2) is 4.98 Å². The van der Waals surface area contributed by atoms with Crippen molar-refractivity contribution in [2.75, 3.05) is 5.32 Å². The highest BCUT2D eigenvalue weighted by molar-refractivity contribution is 5.83. The maximum atomic E-state index is 5.24. The minimum Gasteiger partial charge on any atom is -0.355 e. The first-order valence-electron chi connectivity index (χ1n) is 15.8. The molecule has 0 bridgehead atoms. The molecule has 0 aliphatic rings. The predicted molar refractivity (Wildman–Crippen MR) is 193 cm³/mol. The average Bonchev–Trinajstić information content (AvgIpc) is 3.05. The Labute approximate surface area is 268 Å². The molecule has 5 aromatic carbocycles. The van der Waals surface area contributed by atoms with Gasteiger partial charge in [0.2, 0.25) is 0 Å². The molecule has 1 N–H and O–H groups in total. The number of rotatable bonds is 6. The van der Waals surface area contributed by atoms with Crippen LogP contribution in [0.5, 0.6) is 0 Å². The zero-order valence-electron chi connectivity index (χ0n) is 27.2. The highest BCUT2D eigenvalue weighted by atomic mass is 14.9. The van der Waals surface area contributed by atoms with Crippen LogP contribution in [0, 0.1) is 0 Å². The van der Waals surface area contributed by atoms with E-state index in [9.17, 15) is 0 Å². The third-order valence-electron chi connectivity index (χ3n) is 8.40. The second-order valence-corrected chi connectivity index (χ2v) is 13.9. The van der Waals surface area contributed by atoms with Crippen molar-refractivity contribution in [3.8, 4) is 44.8 Å². The molecule has 0 amide bonds. The number of nitrogens with zero attached hydrogens (tertiary/aromatic N) is 1. The van der Waals surface area contributed by atoms with Gasteiger partial charge in [-0.3, -0.25) is 0 Å². The van der Waals surface area contributed by atoms with Crippen molar-refractivity contribution in [1.29, 1.82) is 0 Å². The van der Waals surface area contributed by atoms with Gasteiger partial charge in [-0.1, -0.05) is 133 Å². The zero-order valence-corrected chi connectivity index (χ0v) is 27.2. The van der Waals surface area contributed by atoms with Gasteiger partial charge in [0.05, 0.1) is 11.4 Å². The van der Waals surface area contributed by atoms with Crippen molar-refractivity contribution >= 4 is 11.4 Å². The molecule has 0 fully saturated rings. The fourth-order valence-electron chi connectivity index (χ4n) is 5.67. The molecule has 0 unspecified atom stereocenters. The molecule has 224 valence electrons. The average molecular weight is 587 g/mol. The summed E-state index contributed by atoms with van der Waals surface area (Å²) in [5.41, 5.74) is 13.8. The van der Waals surface area contributed by atoms with Crippen molar-refractivity contribution in [1.82, 2.24) is 4.98 Å². The first kappa shape index (κ1) is 30.1. The Morgan fingerprint density at radius 3 is 1.47 bits per heavy atom. The zero-order chi connectivity index (χ0) is 31.6. The molecular formula is C43H42N2. The van der Waals surface area contributed by atoms with Crippen LogP contribution in [-0.2, 0) is 10.8 Å². The van der Waals surface area contributed by atoms with Gasteiger partial charge in [0.25, 0.3) is 0 Å².